The van der Waals surface area contributed by atoms with Gasteiger partial charge >= 0.3 is 5.69 Å². The Kier molecular flexibility index (Phi) is 4.43. The van der Waals surface area contributed by atoms with Gasteiger partial charge in [-0.2, -0.15) is 5.26 Å². The average molecular weight is 255 g/mol. The molecule has 1 atom stereocenters. The maximum absolute atomic E-state index is 10.9. The van der Waals surface area contributed by atoms with Crippen LogP contribution in [0.4, 0.5) is 10.7 Å². The second-order valence-electron chi connectivity index (χ2n) is 3.60. The van der Waals surface area contributed by atoms with Crippen LogP contribution in [0.3, 0.4) is 0 Å². The number of nitro groups is 1. The number of hydrogen-bond acceptors (Lipinski definition) is 6. The second kappa shape index (κ2) is 5.61. The lowest BCUT2D eigenvalue weighted by atomic mass is 10.3. The van der Waals surface area contributed by atoms with Gasteiger partial charge in [-0.1, -0.05) is 0 Å². The summed E-state index contributed by atoms with van der Waals surface area (Å²) in [5, 5.41) is 29.3. The van der Waals surface area contributed by atoms with Crippen molar-refractivity contribution >= 4 is 22.0 Å². The highest BCUT2D eigenvalue weighted by Crippen LogP contribution is 2.39. The molecule has 0 aromatic carbocycles. The van der Waals surface area contributed by atoms with Gasteiger partial charge in [-0.05, 0) is 6.92 Å². The maximum atomic E-state index is 10.9. The van der Waals surface area contributed by atoms with Crippen molar-refractivity contribution in [1.29, 1.82) is 5.26 Å². The summed E-state index contributed by atoms with van der Waals surface area (Å²) in [4.78, 5) is 12.6. The number of thiophene rings is 1. The first-order valence-electron chi connectivity index (χ1n) is 5.01. The molecule has 17 heavy (non-hydrogen) atoms. The average Bonchev–Trinajstić information content (AvgIpc) is 2.70. The number of aliphatic hydroxyl groups is 1. The topological polar surface area (TPSA) is 90.4 Å². The largest absolute Gasteiger partial charge is 0.388 e. The normalized spacial score (nSPS) is 11.9. The van der Waals surface area contributed by atoms with Crippen LogP contribution in [-0.4, -0.2) is 23.6 Å². The highest BCUT2D eigenvalue weighted by molar-refractivity contribution is 7.16. The molecule has 92 valence electrons. The van der Waals surface area contributed by atoms with Crippen molar-refractivity contribution < 1.29 is 10.0 Å². The van der Waals surface area contributed by atoms with Gasteiger partial charge in [0.2, 0.25) is 0 Å². The molecule has 0 amide bonds. The van der Waals surface area contributed by atoms with E-state index < -0.39 is 11.0 Å². The molecule has 1 rings (SSSR count). The maximum Gasteiger partial charge on any atom is 0.304 e. The predicted molar refractivity (Wildman–Crippen MR) is 65.1 cm³/mol. The van der Waals surface area contributed by atoms with Gasteiger partial charge in [0.05, 0.1) is 23.5 Å². The summed E-state index contributed by atoms with van der Waals surface area (Å²) in [5.41, 5.74) is -0.0219. The predicted octanol–water partition coefficient (Wildman–Crippen LogP) is 2.06. The fraction of sp³-hybridized carbons (Fsp3) is 0.500. The molecule has 0 spiro atoms. The van der Waals surface area contributed by atoms with Crippen LogP contribution >= 0.6 is 11.3 Å². The highest BCUT2D eigenvalue weighted by atomic mass is 32.1. The molecule has 0 saturated carbocycles. The van der Waals surface area contributed by atoms with Crippen LogP contribution < -0.4 is 4.90 Å². The third-order valence-electron chi connectivity index (χ3n) is 2.23. The van der Waals surface area contributed by atoms with Gasteiger partial charge in [0.1, 0.15) is 0 Å². The first kappa shape index (κ1) is 13.4. The van der Waals surface area contributed by atoms with E-state index in [1.165, 1.54) is 17.4 Å². The third kappa shape index (κ3) is 3.15. The molecule has 1 N–H and O–H groups in total. The Morgan fingerprint density at radius 1 is 1.76 bits per heavy atom. The number of aliphatic hydroxyl groups excluding tert-OH is 1. The summed E-state index contributed by atoms with van der Waals surface area (Å²) < 4.78 is 0. The fourth-order valence-corrected chi connectivity index (χ4v) is 2.37. The molecule has 0 aliphatic heterocycles. The summed E-state index contributed by atoms with van der Waals surface area (Å²) >= 11 is 1.18. The molecular formula is C10H13N3O3S. The van der Waals surface area contributed by atoms with Crippen molar-refractivity contribution in [2.45, 2.75) is 19.4 Å². The molecule has 0 aliphatic rings. The Balaban J connectivity index is 3.04. The molecule has 0 radical (unpaired) electrons. The first-order valence-corrected chi connectivity index (χ1v) is 5.83. The zero-order valence-electron chi connectivity index (χ0n) is 9.58. The molecule has 0 aliphatic carbocycles. The van der Waals surface area contributed by atoms with E-state index >= 15 is 0 Å². The van der Waals surface area contributed by atoms with Crippen molar-refractivity contribution in [3.63, 3.8) is 0 Å². The van der Waals surface area contributed by atoms with Gasteiger partial charge in [0, 0.05) is 24.5 Å². The van der Waals surface area contributed by atoms with Crippen molar-refractivity contribution in [2.75, 3.05) is 18.5 Å². The molecule has 7 heteroatoms. The fourth-order valence-electron chi connectivity index (χ4n) is 1.32. The van der Waals surface area contributed by atoms with Crippen LogP contribution in [-0.2, 0) is 0 Å². The van der Waals surface area contributed by atoms with E-state index in [1.807, 2.05) is 6.07 Å². The van der Waals surface area contributed by atoms with Crippen molar-refractivity contribution in [3.05, 3.63) is 21.1 Å². The number of hydrogen-bond donors (Lipinski definition) is 1. The number of rotatable bonds is 5. The third-order valence-corrected chi connectivity index (χ3v) is 3.64. The zero-order chi connectivity index (χ0) is 13.0. The number of nitrogens with zero attached hydrogens (tertiary/aromatic N) is 3. The summed E-state index contributed by atoms with van der Waals surface area (Å²) in [6.45, 7) is 1.99. The lowest BCUT2D eigenvalue weighted by molar-refractivity contribution is -0.383. The Morgan fingerprint density at radius 3 is 2.88 bits per heavy atom. The number of anilines is 1. The van der Waals surface area contributed by atoms with Crippen molar-refractivity contribution in [1.82, 2.24) is 0 Å². The quantitative estimate of drug-likeness (QED) is 0.642. The minimum absolute atomic E-state index is 0.0219. The van der Waals surface area contributed by atoms with Crippen LogP contribution in [0.1, 0.15) is 24.3 Å². The van der Waals surface area contributed by atoms with Gasteiger partial charge in [-0.15, -0.1) is 11.3 Å². The lowest BCUT2D eigenvalue weighted by Crippen LogP contribution is -2.17. The molecular weight excluding hydrogens is 242 g/mol. The minimum Gasteiger partial charge on any atom is -0.388 e. The van der Waals surface area contributed by atoms with E-state index in [4.69, 9.17) is 5.26 Å². The van der Waals surface area contributed by atoms with Crippen molar-refractivity contribution in [3.8, 4) is 6.07 Å². The monoisotopic (exact) mass is 255 g/mol. The smallest absolute Gasteiger partial charge is 0.304 e. The standard InChI is InChI=1S/C10H13N3O3S/c1-7(14)9-6-8(13(15)16)10(17-9)12(2)5-3-4-11/h6-7,14H,3,5H2,1-2H3/t7-/m0/s1. The molecule has 6 nitrogen and oxygen atoms in total. The van der Waals surface area contributed by atoms with E-state index in [0.717, 1.165) is 0 Å². The number of nitriles is 1. The van der Waals surface area contributed by atoms with Crippen LogP contribution in [0.15, 0.2) is 6.07 Å². The van der Waals surface area contributed by atoms with Gasteiger partial charge in [-0.25, -0.2) is 0 Å². The summed E-state index contributed by atoms with van der Waals surface area (Å²) in [6, 6.07) is 3.37. The summed E-state index contributed by atoms with van der Waals surface area (Å²) in [5.74, 6) is 0. The Labute approximate surface area is 103 Å². The zero-order valence-corrected chi connectivity index (χ0v) is 10.4. The molecule has 1 aromatic heterocycles. The lowest BCUT2D eigenvalue weighted by Gasteiger charge is -2.14. The van der Waals surface area contributed by atoms with E-state index in [0.29, 0.717) is 22.8 Å². The highest BCUT2D eigenvalue weighted by Gasteiger charge is 2.23. The minimum atomic E-state index is -0.725. The Bertz CT molecular complexity index is 450. The summed E-state index contributed by atoms with van der Waals surface area (Å²) in [7, 11) is 1.70. The second-order valence-corrected chi connectivity index (χ2v) is 4.66. The molecule has 1 aromatic rings. The molecule has 0 bridgehead atoms. The Morgan fingerprint density at radius 2 is 2.41 bits per heavy atom. The van der Waals surface area contributed by atoms with E-state index in [-0.39, 0.29) is 5.69 Å². The van der Waals surface area contributed by atoms with Crippen LogP contribution in [0.5, 0.6) is 0 Å². The van der Waals surface area contributed by atoms with E-state index in [9.17, 15) is 15.2 Å². The SMILES string of the molecule is C[C@H](O)c1cc([N+](=O)[O-])c(N(C)CCC#N)s1. The van der Waals surface area contributed by atoms with Crippen molar-refractivity contribution in [2.24, 2.45) is 0 Å². The summed E-state index contributed by atoms with van der Waals surface area (Å²) in [6.07, 6.45) is -0.424. The molecule has 0 unspecified atom stereocenters. The van der Waals surface area contributed by atoms with Gasteiger partial charge in [-0.3, -0.25) is 10.1 Å². The van der Waals surface area contributed by atoms with Gasteiger partial charge in [0.15, 0.2) is 5.00 Å². The van der Waals surface area contributed by atoms with Gasteiger partial charge < -0.3 is 10.0 Å². The molecule has 0 saturated heterocycles. The van der Waals surface area contributed by atoms with Gasteiger partial charge in [0.25, 0.3) is 0 Å². The Hall–Kier alpha value is -1.65. The molecule has 1 heterocycles. The van der Waals surface area contributed by atoms with E-state index in [2.05, 4.69) is 0 Å². The first-order chi connectivity index (χ1) is 7.97. The van der Waals surface area contributed by atoms with Crippen LogP contribution in [0.25, 0.3) is 0 Å². The van der Waals surface area contributed by atoms with Crippen LogP contribution in [0.2, 0.25) is 0 Å². The van der Waals surface area contributed by atoms with E-state index in [1.54, 1.807) is 18.9 Å². The van der Waals surface area contributed by atoms with Crippen LogP contribution in [0, 0.1) is 21.4 Å². The molecule has 0 fully saturated rings.